The quantitative estimate of drug-likeness (QED) is 0.778. The van der Waals surface area contributed by atoms with Gasteiger partial charge in [0.2, 0.25) is 0 Å². The van der Waals surface area contributed by atoms with Gasteiger partial charge in [-0.25, -0.2) is 9.18 Å². The molecule has 5 nitrogen and oxygen atoms in total. The molecule has 0 aliphatic carbocycles. The number of benzene rings is 2. The van der Waals surface area contributed by atoms with E-state index in [1.165, 1.54) is 32.2 Å². The van der Waals surface area contributed by atoms with Crippen LogP contribution in [0.3, 0.4) is 0 Å². The highest BCUT2D eigenvalue weighted by molar-refractivity contribution is 6.31. The molecule has 1 atom stereocenters. The van der Waals surface area contributed by atoms with Crippen LogP contribution in [0.1, 0.15) is 17.3 Å². The molecule has 0 unspecified atom stereocenters. The van der Waals surface area contributed by atoms with Crippen LogP contribution in [-0.2, 0) is 9.53 Å². The fourth-order valence-corrected chi connectivity index (χ4v) is 2.28. The molecule has 0 spiro atoms. The third kappa shape index (κ3) is 4.84. The van der Waals surface area contributed by atoms with E-state index in [1.807, 2.05) is 0 Å². The summed E-state index contributed by atoms with van der Waals surface area (Å²) in [7, 11) is 1.44. The number of halogens is 3. The minimum absolute atomic E-state index is 0.146. The van der Waals surface area contributed by atoms with Crippen molar-refractivity contribution in [2.24, 2.45) is 0 Å². The predicted molar refractivity (Wildman–Crippen MR) is 92.9 cm³/mol. The van der Waals surface area contributed by atoms with Crippen molar-refractivity contribution in [3.8, 4) is 5.75 Å². The Kier molecular flexibility index (Phi) is 6.22. The second kappa shape index (κ2) is 8.18. The number of hydrogen-bond donors (Lipinski definition) is 1. The van der Waals surface area contributed by atoms with Gasteiger partial charge >= 0.3 is 5.97 Å². The second-order valence-electron chi connectivity index (χ2n) is 5.01. The van der Waals surface area contributed by atoms with Crippen molar-refractivity contribution in [3.63, 3.8) is 0 Å². The van der Waals surface area contributed by atoms with Gasteiger partial charge in [-0.3, -0.25) is 4.79 Å². The summed E-state index contributed by atoms with van der Waals surface area (Å²) < 4.78 is 23.8. The number of ether oxygens (including phenoxy) is 2. The average molecular weight is 386 g/mol. The van der Waals surface area contributed by atoms with Gasteiger partial charge in [-0.15, -0.1) is 0 Å². The third-order valence-corrected chi connectivity index (χ3v) is 3.69. The van der Waals surface area contributed by atoms with Crippen molar-refractivity contribution >= 4 is 40.8 Å². The van der Waals surface area contributed by atoms with Crippen LogP contribution in [0, 0.1) is 5.82 Å². The Morgan fingerprint density at radius 2 is 1.76 bits per heavy atom. The van der Waals surface area contributed by atoms with E-state index in [0.717, 1.165) is 6.07 Å². The molecule has 8 heteroatoms. The van der Waals surface area contributed by atoms with Crippen molar-refractivity contribution in [2.45, 2.75) is 13.0 Å². The number of esters is 1. The first-order valence-corrected chi connectivity index (χ1v) is 7.88. The number of carbonyl (C=O) groups is 2. The van der Waals surface area contributed by atoms with Crippen LogP contribution >= 0.6 is 23.2 Å². The summed E-state index contributed by atoms with van der Waals surface area (Å²) in [5.41, 5.74) is 0.00459. The van der Waals surface area contributed by atoms with Crippen LogP contribution in [0.2, 0.25) is 10.0 Å². The molecule has 132 valence electrons. The Labute approximate surface area is 153 Å². The molecule has 0 saturated heterocycles. The Morgan fingerprint density at radius 3 is 2.40 bits per heavy atom. The molecule has 0 aromatic heterocycles. The first-order chi connectivity index (χ1) is 11.8. The normalized spacial score (nSPS) is 11.6. The fraction of sp³-hybridized carbons (Fsp3) is 0.176. The maximum absolute atomic E-state index is 13.7. The molecule has 0 aliphatic heterocycles. The first-order valence-electron chi connectivity index (χ1n) is 7.12. The number of anilines is 1. The van der Waals surface area contributed by atoms with Crippen molar-refractivity contribution in [2.75, 3.05) is 12.4 Å². The van der Waals surface area contributed by atoms with Gasteiger partial charge < -0.3 is 14.8 Å². The Hall–Kier alpha value is -2.31. The maximum Gasteiger partial charge on any atom is 0.341 e. The minimum Gasteiger partial charge on any atom is -0.495 e. The average Bonchev–Trinajstić information content (AvgIpc) is 2.54. The van der Waals surface area contributed by atoms with Crippen molar-refractivity contribution in [1.29, 1.82) is 0 Å². The Balaban J connectivity index is 2.07. The monoisotopic (exact) mass is 385 g/mol. The maximum atomic E-state index is 13.7. The zero-order valence-corrected chi connectivity index (χ0v) is 14.8. The van der Waals surface area contributed by atoms with Crippen LogP contribution in [0.15, 0.2) is 36.4 Å². The minimum atomic E-state index is -1.17. The number of amides is 1. The lowest BCUT2D eigenvalue weighted by atomic mass is 10.2. The summed E-state index contributed by atoms with van der Waals surface area (Å²) in [6, 6.07) is 8.19. The van der Waals surface area contributed by atoms with Crippen LogP contribution in [-0.4, -0.2) is 25.1 Å². The molecule has 0 aliphatic rings. The first kappa shape index (κ1) is 19.0. The van der Waals surface area contributed by atoms with E-state index in [0.29, 0.717) is 16.5 Å². The van der Waals surface area contributed by atoms with Gasteiger partial charge in [0.15, 0.2) is 6.10 Å². The number of rotatable bonds is 5. The SMILES string of the molecule is COc1ccc(Cl)cc1NC(=O)[C@H](C)OC(=O)c1ccc(Cl)cc1F. The van der Waals surface area contributed by atoms with Gasteiger partial charge in [-0.1, -0.05) is 23.2 Å². The van der Waals surface area contributed by atoms with E-state index in [4.69, 9.17) is 32.7 Å². The molecular formula is C17H14Cl2FNO4. The van der Waals surface area contributed by atoms with Crippen molar-refractivity contribution in [3.05, 3.63) is 57.8 Å². The smallest absolute Gasteiger partial charge is 0.341 e. The van der Waals surface area contributed by atoms with Gasteiger partial charge in [0.25, 0.3) is 5.91 Å². The number of nitrogens with one attached hydrogen (secondary N) is 1. The molecule has 1 amide bonds. The van der Waals surface area contributed by atoms with Gasteiger partial charge in [0, 0.05) is 10.0 Å². The van der Waals surface area contributed by atoms with E-state index in [9.17, 15) is 14.0 Å². The molecule has 2 rings (SSSR count). The van der Waals surface area contributed by atoms with Crippen LogP contribution in [0.4, 0.5) is 10.1 Å². The highest BCUT2D eigenvalue weighted by Crippen LogP contribution is 2.28. The molecule has 0 radical (unpaired) electrons. The standard InChI is InChI=1S/C17H14Cl2FNO4/c1-9(25-17(23)12-5-3-10(18)7-13(12)20)16(22)21-14-8-11(19)4-6-15(14)24-2/h3-9H,1-2H3,(H,21,22)/t9-/m0/s1. The lowest BCUT2D eigenvalue weighted by molar-refractivity contribution is -0.123. The molecule has 0 bridgehead atoms. The number of carbonyl (C=O) groups excluding carboxylic acids is 2. The Morgan fingerprint density at radius 1 is 1.12 bits per heavy atom. The van der Waals surface area contributed by atoms with E-state index in [-0.39, 0.29) is 10.6 Å². The number of methoxy groups -OCH3 is 1. The van der Waals surface area contributed by atoms with Crippen LogP contribution in [0.25, 0.3) is 0 Å². The van der Waals surface area contributed by atoms with E-state index < -0.39 is 23.8 Å². The van der Waals surface area contributed by atoms with Crippen LogP contribution < -0.4 is 10.1 Å². The fourth-order valence-electron chi connectivity index (χ4n) is 1.94. The molecule has 2 aromatic carbocycles. The second-order valence-corrected chi connectivity index (χ2v) is 5.88. The van der Waals surface area contributed by atoms with E-state index in [1.54, 1.807) is 12.1 Å². The predicted octanol–water partition coefficient (Wildman–Crippen LogP) is 4.33. The number of hydrogen-bond acceptors (Lipinski definition) is 4. The lowest BCUT2D eigenvalue weighted by Crippen LogP contribution is -2.30. The van der Waals surface area contributed by atoms with Gasteiger partial charge in [-0.2, -0.15) is 0 Å². The topological polar surface area (TPSA) is 64.6 Å². The molecule has 0 heterocycles. The van der Waals surface area contributed by atoms with Crippen molar-refractivity contribution in [1.82, 2.24) is 0 Å². The lowest BCUT2D eigenvalue weighted by Gasteiger charge is -2.15. The summed E-state index contributed by atoms with van der Waals surface area (Å²) >= 11 is 11.5. The molecule has 1 N–H and O–H groups in total. The molecular weight excluding hydrogens is 372 g/mol. The summed E-state index contributed by atoms with van der Waals surface area (Å²) in [5.74, 6) is -2.04. The zero-order valence-electron chi connectivity index (χ0n) is 13.3. The zero-order chi connectivity index (χ0) is 18.6. The Bertz CT molecular complexity index is 813. The van der Waals surface area contributed by atoms with Gasteiger partial charge in [-0.05, 0) is 43.3 Å². The summed E-state index contributed by atoms with van der Waals surface area (Å²) in [6.45, 7) is 1.36. The van der Waals surface area contributed by atoms with E-state index in [2.05, 4.69) is 5.32 Å². The summed E-state index contributed by atoms with van der Waals surface area (Å²) in [6.07, 6.45) is -1.17. The van der Waals surface area contributed by atoms with Gasteiger partial charge in [0.05, 0.1) is 18.4 Å². The van der Waals surface area contributed by atoms with Gasteiger partial charge in [0.1, 0.15) is 11.6 Å². The molecule has 2 aromatic rings. The van der Waals surface area contributed by atoms with Crippen molar-refractivity contribution < 1.29 is 23.5 Å². The largest absolute Gasteiger partial charge is 0.495 e. The van der Waals surface area contributed by atoms with E-state index >= 15 is 0 Å². The van der Waals surface area contributed by atoms with Crippen LogP contribution in [0.5, 0.6) is 5.75 Å². The summed E-state index contributed by atoms with van der Waals surface area (Å²) in [5, 5.41) is 3.08. The molecule has 0 fully saturated rings. The third-order valence-electron chi connectivity index (χ3n) is 3.22. The summed E-state index contributed by atoms with van der Waals surface area (Å²) in [4.78, 5) is 24.2. The highest BCUT2D eigenvalue weighted by Gasteiger charge is 2.22. The highest BCUT2D eigenvalue weighted by atomic mass is 35.5. The molecule has 25 heavy (non-hydrogen) atoms. The molecule has 0 saturated carbocycles.